The first-order valence-electron chi connectivity index (χ1n) is 11.3. The molecule has 0 radical (unpaired) electrons. The molecule has 0 bridgehead atoms. The molecule has 1 atom stereocenters. The lowest BCUT2D eigenvalue weighted by Gasteiger charge is -2.35. The van der Waals surface area contributed by atoms with Gasteiger partial charge in [0.05, 0.1) is 0 Å². The maximum absolute atomic E-state index is 12.2. The zero-order chi connectivity index (χ0) is 22.3. The largest absolute Gasteiger partial charge is 0.444 e. The molecule has 2 heterocycles. The maximum atomic E-state index is 12.2. The third-order valence-corrected chi connectivity index (χ3v) is 5.62. The van der Waals surface area contributed by atoms with Gasteiger partial charge < -0.3 is 25.2 Å². The lowest BCUT2D eigenvalue weighted by Crippen LogP contribution is -2.52. The Bertz CT molecular complexity index is 725. The Balaban J connectivity index is 1.33. The van der Waals surface area contributed by atoms with Gasteiger partial charge in [0.25, 0.3) is 0 Å². The summed E-state index contributed by atoms with van der Waals surface area (Å²) in [5, 5.41) is 6.99. The molecule has 1 aromatic rings. The summed E-state index contributed by atoms with van der Waals surface area (Å²) in [5.74, 6) is 0.854. The van der Waals surface area contributed by atoms with Crippen LogP contribution < -0.4 is 15.5 Å². The fraction of sp³-hybridized carbons (Fsp3) is 0.652. The van der Waals surface area contributed by atoms with Gasteiger partial charge in [0.15, 0.2) is 5.96 Å². The predicted molar refractivity (Wildman–Crippen MR) is 126 cm³/mol. The van der Waals surface area contributed by atoms with Gasteiger partial charge in [0, 0.05) is 71.1 Å². The number of anilines is 1. The first kappa shape index (κ1) is 23.2. The van der Waals surface area contributed by atoms with Crippen LogP contribution in [-0.2, 0) is 4.74 Å². The molecular formula is C23H38N6O2. The molecule has 172 valence electrons. The third-order valence-electron chi connectivity index (χ3n) is 5.62. The minimum Gasteiger partial charge on any atom is -0.444 e. The van der Waals surface area contributed by atoms with E-state index in [9.17, 15) is 4.79 Å². The molecule has 2 aliphatic rings. The van der Waals surface area contributed by atoms with Crippen molar-refractivity contribution in [2.24, 2.45) is 4.99 Å². The number of nitrogens with zero attached hydrogens (tertiary/aromatic N) is 4. The number of aliphatic imine (C=N–C) groups is 1. The molecule has 8 nitrogen and oxygen atoms in total. The highest BCUT2D eigenvalue weighted by Crippen LogP contribution is 2.19. The second-order valence-corrected chi connectivity index (χ2v) is 9.22. The third kappa shape index (κ3) is 7.31. The number of piperazine rings is 1. The van der Waals surface area contributed by atoms with E-state index in [0.717, 1.165) is 51.6 Å². The molecule has 1 amide bonds. The number of hydrogen-bond acceptors (Lipinski definition) is 5. The highest BCUT2D eigenvalue weighted by Gasteiger charge is 2.26. The van der Waals surface area contributed by atoms with Gasteiger partial charge >= 0.3 is 6.09 Å². The van der Waals surface area contributed by atoms with E-state index < -0.39 is 5.60 Å². The molecule has 2 saturated heterocycles. The molecule has 2 N–H and O–H groups in total. The number of nitrogens with one attached hydrogen (secondary N) is 2. The van der Waals surface area contributed by atoms with E-state index in [2.05, 4.69) is 55.8 Å². The molecule has 2 fully saturated rings. The smallest absolute Gasteiger partial charge is 0.410 e. The van der Waals surface area contributed by atoms with E-state index in [1.54, 1.807) is 4.90 Å². The van der Waals surface area contributed by atoms with Crippen molar-refractivity contribution in [2.45, 2.75) is 38.8 Å². The van der Waals surface area contributed by atoms with Crippen molar-refractivity contribution < 1.29 is 9.53 Å². The Hall–Kier alpha value is -2.48. The van der Waals surface area contributed by atoms with Crippen LogP contribution in [0.2, 0.25) is 0 Å². The number of carbonyl (C=O) groups excluding carboxylic acids is 1. The highest BCUT2D eigenvalue weighted by molar-refractivity contribution is 5.80. The van der Waals surface area contributed by atoms with Crippen LogP contribution in [0.3, 0.4) is 0 Å². The van der Waals surface area contributed by atoms with Gasteiger partial charge in [-0.15, -0.1) is 0 Å². The first-order valence-corrected chi connectivity index (χ1v) is 11.3. The zero-order valence-electron chi connectivity index (χ0n) is 19.4. The van der Waals surface area contributed by atoms with Crippen molar-refractivity contribution in [1.82, 2.24) is 20.4 Å². The topological polar surface area (TPSA) is 72.4 Å². The second kappa shape index (κ2) is 10.7. The van der Waals surface area contributed by atoms with Gasteiger partial charge in [-0.05, 0) is 39.3 Å². The minimum absolute atomic E-state index is 0.212. The summed E-state index contributed by atoms with van der Waals surface area (Å²) in [4.78, 5) is 23.2. The minimum atomic E-state index is -0.446. The normalized spacial score (nSPS) is 20.6. The van der Waals surface area contributed by atoms with Crippen LogP contribution in [0, 0.1) is 0 Å². The van der Waals surface area contributed by atoms with Gasteiger partial charge in [-0.2, -0.15) is 0 Å². The number of guanidine groups is 1. The Labute approximate surface area is 186 Å². The van der Waals surface area contributed by atoms with Gasteiger partial charge in [-0.1, -0.05) is 18.2 Å². The van der Waals surface area contributed by atoms with E-state index in [0.29, 0.717) is 19.1 Å². The van der Waals surface area contributed by atoms with E-state index in [1.807, 2.05) is 27.8 Å². The number of benzene rings is 1. The zero-order valence-corrected chi connectivity index (χ0v) is 19.4. The van der Waals surface area contributed by atoms with E-state index in [1.165, 1.54) is 5.69 Å². The fourth-order valence-corrected chi connectivity index (χ4v) is 3.95. The van der Waals surface area contributed by atoms with E-state index in [-0.39, 0.29) is 6.09 Å². The Morgan fingerprint density at radius 3 is 2.48 bits per heavy atom. The Morgan fingerprint density at radius 2 is 1.84 bits per heavy atom. The number of hydrogen-bond donors (Lipinski definition) is 2. The van der Waals surface area contributed by atoms with Gasteiger partial charge in [-0.25, -0.2) is 4.79 Å². The van der Waals surface area contributed by atoms with Crippen molar-refractivity contribution in [2.75, 3.05) is 64.3 Å². The Kier molecular flexibility index (Phi) is 8.01. The van der Waals surface area contributed by atoms with Crippen LogP contribution in [0.5, 0.6) is 0 Å². The lowest BCUT2D eigenvalue weighted by atomic mass is 10.2. The standard InChI is InChI=1S/C23H38N6O2/c1-23(2,3)31-22(30)28-16-14-27(15-17-28)13-11-25-21(24-4)26-19-10-12-29(18-19)20-8-6-5-7-9-20/h5-9,19H,10-18H2,1-4H3,(H2,24,25,26). The van der Waals surface area contributed by atoms with Crippen LogP contribution in [0.15, 0.2) is 35.3 Å². The molecule has 1 unspecified atom stereocenters. The van der Waals surface area contributed by atoms with Gasteiger partial charge in [0.2, 0.25) is 0 Å². The van der Waals surface area contributed by atoms with Crippen molar-refractivity contribution in [3.05, 3.63) is 30.3 Å². The highest BCUT2D eigenvalue weighted by atomic mass is 16.6. The molecule has 0 spiro atoms. The fourth-order valence-electron chi connectivity index (χ4n) is 3.95. The summed E-state index contributed by atoms with van der Waals surface area (Å²) < 4.78 is 5.47. The summed E-state index contributed by atoms with van der Waals surface area (Å²) in [6, 6.07) is 11.0. The van der Waals surface area contributed by atoms with Crippen LogP contribution in [-0.4, -0.2) is 92.9 Å². The van der Waals surface area contributed by atoms with Crippen LogP contribution in [0.1, 0.15) is 27.2 Å². The quantitative estimate of drug-likeness (QED) is 0.550. The molecule has 31 heavy (non-hydrogen) atoms. The van der Waals surface area contributed by atoms with Crippen molar-refractivity contribution in [3.8, 4) is 0 Å². The summed E-state index contributed by atoms with van der Waals surface area (Å²) in [6.07, 6.45) is 0.887. The van der Waals surface area contributed by atoms with Crippen LogP contribution in [0.25, 0.3) is 0 Å². The van der Waals surface area contributed by atoms with Crippen LogP contribution >= 0.6 is 0 Å². The SMILES string of the molecule is CN=C(NCCN1CCN(C(=O)OC(C)(C)C)CC1)NC1CCN(c2ccccc2)C1. The Morgan fingerprint density at radius 1 is 1.13 bits per heavy atom. The predicted octanol–water partition coefficient (Wildman–Crippen LogP) is 1.98. The van der Waals surface area contributed by atoms with E-state index in [4.69, 9.17) is 4.74 Å². The van der Waals surface area contributed by atoms with Crippen molar-refractivity contribution in [1.29, 1.82) is 0 Å². The molecule has 3 rings (SSSR count). The number of rotatable bonds is 5. The van der Waals surface area contributed by atoms with Crippen molar-refractivity contribution >= 4 is 17.7 Å². The van der Waals surface area contributed by atoms with E-state index >= 15 is 0 Å². The number of amides is 1. The van der Waals surface area contributed by atoms with Gasteiger partial charge in [-0.3, -0.25) is 9.89 Å². The van der Waals surface area contributed by atoms with Crippen molar-refractivity contribution in [3.63, 3.8) is 0 Å². The molecule has 2 aliphatic heterocycles. The molecule has 0 aromatic heterocycles. The summed E-state index contributed by atoms with van der Waals surface area (Å²) in [5.41, 5.74) is 0.832. The molecule has 8 heteroatoms. The summed E-state index contributed by atoms with van der Waals surface area (Å²) in [7, 11) is 1.82. The van der Waals surface area contributed by atoms with Crippen LogP contribution in [0.4, 0.5) is 10.5 Å². The number of ether oxygens (including phenoxy) is 1. The molecule has 0 saturated carbocycles. The number of para-hydroxylation sites is 1. The lowest BCUT2D eigenvalue weighted by molar-refractivity contribution is 0.0147. The maximum Gasteiger partial charge on any atom is 0.410 e. The molecular weight excluding hydrogens is 392 g/mol. The summed E-state index contributed by atoms with van der Waals surface area (Å²) >= 11 is 0. The average Bonchev–Trinajstić information content (AvgIpc) is 3.21. The average molecular weight is 431 g/mol. The second-order valence-electron chi connectivity index (χ2n) is 9.22. The monoisotopic (exact) mass is 430 g/mol. The number of carbonyl (C=O) groups is 1. The molecule has 1 aromatic carbocycles. The molecule has 0 aliphatic carbocycles. The summed E-state index contributed by atoms with van der Waals surface area (Å²) in [6.45, 7) is 12.6. The van der Waals surface area contributed by atoms with Gasteiger partial charge in [0.1, 0.15) is 5.60 Å². The first-order chi connectivity index (χ1) is 14.8.